The molecule has 1 saturated heterocycles. The third-order valence-corrected chi connectivity index (χ3v) is 5.99. The van der Waals surface area contributed by atoms with Gasteiger partial charge in [-0.05, 0) is 50.9 Å². The second-order valence-electron chi connectivity index (χ2n) is 7.99. The van der Waals surface area contributed by atoms with Crippen LogP contribution in [0.1, 0.15) is 57.3 Å². The van der Waals surface area contributed by atoms with Crippen LogP contribution < -0.4 is 5.32 Å². The molecule has 2 heterocycles. The number of likely N-dealkylation sites (tertiary alicyclic amines) is 1. The summed E-state index contributed by atoms with van der Waals surface area (Å²) in [6.07, 6.45) is -0.421. The lowest BCUT2D eigenvalue weighted by atomic mass is 9.82. The molecule has 3 fully saturated rings. The Morgan fingerprint density at radius 1 is 1.26 bits per heavy atom. The largest absolute Gasteiger partial charge is 0.522 e. The molecule has 0 radical (unpaired) electrons. The van der Waals surface area contributed by atoms with E-state index in [2.05, 4.69) is 20.3 Å². The molecule has 150 valence electrons. The molecular weight excluding hydrogens is 365 g/mol. The molecule has 0 bridgehead atoms. The summed E-state index contributed by atoms with van der Waals surface area (Å²) in [4.78, 5) is 14.4. The van der Waals surface area contributed by atoms with Crippen molar-refractivity contribution in [1.29, 1.82) is 0 Å². The van der Waals surface area contributed by atoms with Gasteiger partial charge in [0, 0.05) is 19.0 Å². The maximum absolute atomic E-state index is 12.6. The molecule has 27 heavy (non-hydrogen) atoms. The van der Waals surface area contributed by atoms with Crippen LogP contribution >= 0.6 is 0 Å². The van der Waals surface area contributed by atoms with Crippen LogP contribution in [-0.4, -0.2) is 52.6 Å². The molecule has 1 amide bonds. The van der Waals surface area contributed by atoms with Gasteiger partial charge >= 0.3 is 12.4 Å². The molecule has 1 spiro atoms. The zero-order chi connectivity index (χ0) is 19.2. The van der Waals surface area contributed by atoms with Gasteiger partial charge in [0.2, 0.25) is 11.8 Å². The molecule has 2 aliphatic carbocycles. The Kier molecular flexibility index (Phi) is 4.56. The smallest absolute Gasteiger partial charge is 0.408 e. The fourth-order valence-electron chi connectivity index (χ4n) is 3.91. The minimum absolute atomic E-state index is 0.00691. The SMILES string of the molecule is C[C@@H](Nc1nnc(C2CC(OC(F)(F)F)C2)o1)C(=O)N1CCC2(CC1)CC2. The number of ether oxygens (including phenoxy) is 1. The fourth-order valence-corrected chi connectivity index (χ4v) is 3.91. The van der Waals surface area contributed by atoms with Crippen molar-refractivity contribution in [1.82, 2.24) is 15.1 Å². The van der Waals surface area contributed by atoms with Crippen LogP contribution in [0.15, 0.2) is 4.42 Å². The summed E-state index contributed by atoms with van der Waals surface area (Å²) >= 11 is 0. The lowest BCUT2D eigenvalue weighted by molar-refractivity contribution is -0.352. The van der Waals surface area contributed by atoms with Crippen molar-refractivity contribution in [3.8, 4) is 0 Å². The minimum atomic E-state index is -4.62. The average Bonchev–Trinajstić information content (AvgIpc) is 3.16. The third kappa shape index (κ3) is 4.20. The van der Waals surface area contributed by atoms with Gasteiger partial charge in [0.15, 0.2) is 0 Å². The molecule has 1 aliphatic heterocycles. The molecule has 1 atom stereocenters. The molecule has 10 heteroatoms. The third-order valence-electron chi connectivity index (χ3n) is 5.99. The van der Waals surface area contributed by atoms with E-state index in [4.69, 9.17) is 4.42 Å². The number of carbonyl (C=O) groups is 1. The topological polar surface area (TPSA) is 80.5 Å². The highest BCUT2D eigenvalue weighted by Crippen LogP contribution is 2.53. The van der Waals surface area contributed by atoms with Gasteiger partial charge in [0.05, 0.1) is 6.10 Å². The van der Waals surface area contributed by atoms with Crippen LogP contribution in [0.4, 0.5) is 19.2 Å². The number of amides is 1. The number of anilines is 1. The first-order valence-electron chi connectivity index (χ1n) is 9.36. The van der Waals surface area contributed by atoms with Crippen molar-refractivity contribution in [2.45, 2.75) is 69.9 Å². The highest BCUT2D eigenvalue weighted by molar-refractivity contribution is 5.83. The molecule has 1 N–H and O–H groups in total. The van der Waals surface area contributed by atoms with Gasteiger partial charge in [-0.15, -0.1) is 18.3 Å². The molecular formula is C17H23F3N4O3. The number of hydrogen-bond acceptors (Lipinski definition) is 6. The predicted octanol–water partition coefficient (Wildman–Crippen LogP) is 3.06. The number of rotatable bonds is 5. The van der Waals surface area contributed by atoms with E-state index in [9.17, 15) is 18.0 Å². The summed E-state index contributed by atoms with van der Waals surface area (Å²) in [7, 11) is 0. The lowest BCUT2D eigenvalue weighted by Crippen LogP contribution is -2.45. The van der Waals surface area contributed by atoms with Crippen molar-refractivity contribution in [2.75, 3.05) is 18.4 Å². The Bertz CT molecular complexity index is 688. The Hall–Kier alpha value is -1.84. The van der Waals surface area contributed by atoms with E-state index < -0.39 is 18.5 Å². The molecule has 2 saturated carbocycles. The van der Waals surface area contributed by atoms with Crippen molar-refractivity contribution in [3.63, 3.8) is 0 Å². The summed E-state index contributed by atoms with van der Waals surface area (Å²) in [6, 6.07) is -0.393. The van der Waals surface area contributed by atoms with Gasteiger partial charge in [0.25, 0.3) is 0 Å². The molecule has 3 aliphatic rings. The number of hydrogen-bond donors (Lipinski definition) is 1. The van der Waals surface area contributed by atoms with Crippen LogP contribution in [0.2, 0.25) is 0 Å². The summed E-state index contributed by atoms with van der Waals surface area (Å²) in [5, 5.41) is 10.6. The second-order valence-corrected chi connectivity index (χ2v) is 7.99. The van der Waals surface area contributed by atoms with Gasteiger partial charge in [-0.3, -0.25) is 9.53 Å². The molecule has 0 aromatic carbocycles. The van der Waals surface area contributed by atoms with Crippen LogP contribution in [0.3, 0.4) is 0 Å². The number of piperidine rings is 1. The van der Waals surface area contributed by atoms with Gasteiger partial charge in [-0.2, -0.15) is 0 Å². The van der Waals surface area contributed by atoms with Crippen molar-refractivity contribution in [3.05, 3.63) is 5.89 Å². The number of carbonyl (C=O) groups excluding carboxylic acids is 1. The number of alkyl halides is 3. The van der Waals surface area contributed by atoms with E-state index in [1.54, 1.807) is 6.92 Å². The van der Waals surface area contributed by atoms with Gasteiger partial charge < -0.3 is 14.6 Å². The number of aromatic nitrogens is 2. The Balaban J connectivity index is 1.25. The maximum atomic E-state index is 12.6. The van der Waals surface area contributed by atoms with Gasteiger partial charge in [-0.1, -0.05) is 5.10 Å². The summed E-state index contributed by atoms with van der Waals surface area (Å²) in [5.41, 5.74) is 0.505. The second kappa shape index (κ2) is 6.65. The fraction of sp³-hybridized carbons (Fsp3) is 0.824. The highest BCUT2D eigenvalue weighted by atomic mass is 19.4. The quantitative estimate of drug-likeness (QED) is 0.835. The number of halogens is 3. The van der Waals surface area contributed by atoms with E-state index in [1.165, 1.54) is 12.8 Å². The Labute approximate surface area is 154 Å². The summed E-state index contributed by atoms with van der Waals surface area (Å²) in [5.74, 6) is 0.0172. The van der Waals surface area contributed by atoms with E-state index >= 15 is 0 Å². The predicted molar refractivity (Wildman–Crippen MR) is 87.8 cm³/mol. The normalized spacial score (nSPS) is 27.9. The monoisotopic (exact) mass is 388 g/mol. The van der Waals surface area contributed by atoms with Gasteiger partial charge in [0.1, 0.15) is 6.04 Å². The lowest BCUT2D eigenvalue weighted by Gasteiger charge is -2.33. The first-order valence-corrected chi connectivity index (χ1v) is 9.36. The first kappa shape index (κ1) is 18.5. The first-order chi connectivity index (χ1) is 12.7. The molecule has 4 rings (SSSR count). The van der Waals surface area contributed by atoms with Crippen LogP contribution in [0.5, 0.6) is 0 Å². The maximum Gasteiger partial charge on any atom is 0.522 e. The molecule has 1 aromatic heterocycles. The summed E-state index contributed by atoms with van der Waals surface area (Å²) < 4.78 is 45.9. The van der Waals surface area contributed by atoms with Crippen LogP contribution in [0.25, 0.3) is 0 Å². The van der Waals surface area contributed by atoms with Crippen LogP contribution in [0, 0.1) is 5.41 Å². The van der Waals surface area contributed by atoms with Crippen molar-refractivity contribution < 1.29 is 27.1 Å². The van der Waals surface area contributed by atoms with E-state index in [-0.39, 0.29) is 36.6 Å². The average molecular weight is 388 g/mol. The molecule has 7 nitrogen and oxygen atoms in total. The number of nitrogens with one attached hydrogen (secondary N) is 1. The minimum Gasteiger partial charge on any atom is -0.408 e. The highest BCUT2D eigenvalue weighted by Gasteiger charge is 2.45. The summed E-state index contributed by atoms with van der Waals surface area (Å²) in [6.45, 7) is 3.30. The van der Waals surface area contributed by atoms with E-state index in [0.29, 0.717) is 5.41 Å². The molecule has 1 aromatic rings. The molecule has 0 unspecified atom stereocenters. The van der Waals surface area contributed by atoms with Crippen molar-refractivity contribution >= 4 is 11.9 Å². The standard InChI is InChI=1S/C17H23F3N4O3/c1-10(14(25)24-6-4-16(2-3-16)5-7-24)21-15-23-22-13(26-15)11-8-12(9-11)27-17(18,19)20/h10-12H,2-9H2,1H3,(H,21,23)/t10-,11?,12?/m1/s1. The van der Waals surface area contributed by atoms with Gasteiger partial charge in [-0.25, -0.2) is 0 Å². The zero-order valence-electron chi connectivity index (χ0n) is 15.1. The van der Waals surface area contributed by atoms with E-state index in [0.717, 1.165) is 25.9 Å². The van der Waals surface area contributed by atoms with Crippen LogP contribution in [-0.2, 0) is 9.53 Å². The van der Waals surface area contributed by atoms with E-state index in [1.807, 2.05) is 4.90 Å². The van der Waals surface area contributed by atoms with Crippen molar-refractivity contribution in [2.24, 2.45) is 5.41 Å². The number of nitrogens with zero attached hydrogens (tertiary/aromatic N) is 3. The Morgan fingerprint density at radius 3 is 2.52 bits per heavy atom. The zero-order valence-corrected chi connectivity index (χ0v) is 15.1. The Morgan fingerprint density at radius 2 is 1.93 bits per heavy atom.